The Bertz CT molecular complexity index is 165. The molecule has 0 rings (SSSR count). The summed E-state index contributed by atoms with van der Waals surface area (Å²) in [5.41, 5.74) is 0. The Balaban J connectivity index is 4.19. The molecule has 0 aromatic heterocycles. The molecule has 0 radical (unpaired) electrons. The van der Waals surface area contributed by atoms with Gasteiger partial charge in [-0.05, 0) is 0 Å². The van der Waals surface area contributed by atoms with Crippen molar-refractivity contribution in [3.63, 3.8) is 0 Å². The molecule has 0 aliphatic rings. The lowest BCUT2D eigenvalue weighted by atomic mass is 11.9. The van der Waals surface area contributed by atoms with Gasteiger partial charge in [0.1, 0.15) is 0 Å². The summed E-state index contributed by atoms with van der Waals surface area (Å²) in [6.07, 6.45) is 2.99. The molecular weight excluding hydrogens is 188 g/mol. The summed E-state index contributed by atoms with van der Waals surface area (Å²) < 4.78 is 14.2. The van der Waals surface area contributed by atoms with Crippen LogP contribution in [0.25, 0.3) is 0 Å². The molecule has 0 saturated heterocycles. The predicted octanol–water partition coefficient (Wildman–Crippen LogP) is 2.42. The van der Waals surface area contributed by atoms with Gasteiger partial charge in [-0.3, -0.25) is 0 Å². The van der Waals surface area contributed by atoms with Crippen molar-refractivity contribution >= 4 is 39.0 Å². The topological polar surface area (TPSA) is 29.4 Å². The molecule has 0 N–H and O–H groups in total. The third kappa shape index (κ3) is 6.96. The van der Waals surface area contributed by atoms with Crippen molar-refractivity contribution < 1.29 is 4.21 Å². The first kappa shape index (κ1) is 8.96. The zero-order valence-corrected chi connectivity index (χ0v) is 7.69. The molecule has 0 saturated carbocycles. The van der Waals surface area contributed by atoms with Gasteiger partial charge >= 0.3 is 0 Å². The Morgan fingerprint density at radius 3 is 1.88 bits per heavy atom. The van der Waals surface area contributed by atoms with Gasteiger partial charge in [0.05, 0.1) is 0 Å². The third-order valence-corrected chi connectivity index (χ3v) is 3.44. The van der Waals surface area contributed by atoms with Crippen molar-refractivity contribution in [2.24, 2.45) is 4.13 Å². The zero-order chi connectivity index (χ0) is 6.78. The highest BCUT2D eigenvalue weighted by molar-refractivity contribution is 8.08. The summed E-state index contributed by atoms with van der Waals surface area (Å²) in [6, 6.07) is 0. The lowest BCUT2D eigenvalue weighted by Gasteiger charge is -1.91. The molecule has 0 fully saturated rings. The van der Waals surface area contributed by atoms with E-state index >= 15 is 0 Å². The van der Waals surface area contributed by atoms with E-state index in [1.54, 1.807) is 0 Å². The molecule has 0 atom stereocenters. The largest absolute Gasteiger partial charge is 0.250 e. The van der Waals surface area contributed by atoms with Crippen LogP contribution in [-0.4, -0.2) is 16.7 Å². The van der Waals surface area contributed by atoms with E-state index in [2.05, 4.69) is 4.13 Å². The maximum atomic E-state index is 10.7. The molecular formula is C2H6Cl2NOPS. The lowest BCUT2D eigenvalue weighted by molar-refractivity contribution is 0.685. The van der Waals surface area contributed by atoms with Crippen molar-refractivity contribution in [1.29, 1.82) is 0 Å². The molecule has 0 aromatic carbocycles. The fourth-order valence-electron chi connectivity index (χ4n) is 0.149. The molecule has 0 aliphatic heterocycles. The molecule has 0 aliphatic carbocycles. The lowest BCUT2D eigenvalue weighted by Crippen LogP contribution is -1.86. The van der Waals surface area contributed by atoms with Gasteiger partial charge in [0.25, 0.3) is 0 Å². The second-order valence-corrected chi connectivity index (χ2v) is 7.36. The molecule has 2 nitrogen and oxygen atoms in total. The van der Waals surface area contributed by atoms with E-state index in [-0.39, 0.29) is 0 Å². The predicted molar refractivity (Wildman–Crippen MR) is 41.0 cm³/mol. The van der Waals surface area contributed by atoms with Gasteiger partial charge < -0.3 is 0 Å². The number of halogens is 2. The van der Waals surface area contributed by atoms with Crippen molar-refractivity contribution in [2.45, 2.75) is 0 Å². The average Bonchev–Trinajstić information content (AvgIpc) is 1.21. The van der Waals surface area contributed by atoms with Crippen LogP contribution < -0.4 is 0 Å². The first-order chi connectivity index (χ1) is 3.42. The monoisotopic (exact) mass is 193 g/mol. The van der Waals surface area contributed by atoms with Crippen LogP contribution in [0.3, 0.4) is 0 Å². The number of hydrogen-bond acceptors (Lipinski definition) is 2. The van der Waals surface area contributed by atoms with Crippen molar-refractivity contribution in [2.75, 3.05) is 12.5 Å². The minimum absolute atomic E-state index is 1.39. The molecule has 0 aromatic rings. The van der Waals surface area contributed by atoms with E-state index in [9.17, 15) is 4.21 Å². The smallest absolute Gasteiger partial charge is 0.216 e. The Hall–Kier alpha value is 0.960. The quantitative estimate of drug-likeness (QED) is 0.589. The van der Waals surface area contributed by atoms with Gasteiger partial charge in [-0.25, -0.2) is 4.21 Å². The fourth-order valence-corrected chi connectivity index (χ4v) is 4.01. The van der Waals surface area contributed by atoms with Crippen LogP contribution in [0, 0.1) is 0 Å². The SMILES string of the molecule is CS(C)(=O)=NP(Cl)Cl. The number of nitrogens with zero attached hydrogens (tertiary/aromatic N) is 1. The van der Waals surface area contributed by atoms with Crippen LogP contribution in [0.4, 0.5) is 0 Å². The van der Waals surface area contributed by atoms with Gasteiger partial charge in [-0.1, -0.05) is 22.5 Å². The van der Waals surface area contributed by atoms with E-state index in [4.69, 9.17) is 22.5 Å². The van der Waals surface area contributed by atoms with Crippen LogP contribution in [-0.2, 0) is 9.73 Å². The van der Waals surface area contributed by atoms with Gasteiger partial charge in [0.2, 0.25) is 6.78 Å². The summed E-state index contributed by atoms with van der Waals surface area (Å²) in [5.74, 6) is 0. The Morgan fingerprint density at radius 1 is 1.50 bits per heavy atom. The summed E-state index contributed by atoms with van der Waals surface area (Å²) in [5, 5.41) is 0. The van der Waals surface area contributed by atoms with E-state index < -0.39 is 16.5 Å². The van der Waals surface area contributed by atoms with Gasteiger partial charge in [-0.15, -0.1) is 0 Å². The van der Waals surface area contributed by atoms with Crippen molar-refractivity contribution in [3.8, 4) is 0 Å². The van der Waals surface area contributed by atoms with Crippen LogP contribution >= 0.6 is 29.3 Å². The Kier molecular flexibility index (Phi) is 3.60. The van der Waals surface area contributed by atoms with Gasteiger partial charge in [-0.2, -0.15) is 4.13 Å². The second-order valence-electron chi connectivity index (χ2n) is 1.48. The van der Waals surface area contributed by atoms with Crippen molar-refractivity contribution in [3.05, 3.63) is 0 Å². The summed E-state index contributed by atoms with van der Waals surface area (Å²) >= 11 is 10.5. The molecule has 0 bridgehead atoms. The maximum Gasteiger partial charge on any atom is 0.216 e. The highest BCUT2D eigenvalue weighted by atomic mass is 35.9. The van der Waals surface area contributed by atoms with E-state index in [1.165, 1.54) is 12.5 Å². The summed E-state index contributed by atoms with van der Waals surface area (Å²) in [4.78, 5) is 0. The highest BCUT2D eigenvalue weighted by Gasteiger charge is 1.96. The molecule has 0 spiro atoms. The maximum absolute atomic E-state index is 10.7. The molecule has 0 unspecified atom stereocenters. The normalized spacial score (nSPS) is 12.1. The molecule has 0 heterocycles. The number of hydrogen-bond donors (Lipinski definition) is 0. The summed E-state index contributed by atoms with van der Waals surface area (Å²) in [7, 11) is -2.08. The van der Waals surface area contributed by atoms with Crippen LogP contribution in [0.2, 0.25) is 0 Å². The van der Waals surface area contributed by atoms with Crippen LogP contribution in [0.15, 0.2) is 4.13 Å². The minimum atomic E-state index is -2.08. The first-order valence-corrected chi connectivity index (χ1v) is 7.14. The standard InChI is InChI=1S/C2H6Cl2NOPS/c1-8(2,6)5-7(3)4/h1-2H3. The Morgan fingerprint density at radius 2 is 1.88 bits per heavy atom. The molecule has 0 amide bonds. The Labute approximate surface area is 60.1 Å². The minimum Gasteiger partial charge on any atom is -0.250 e. The van der Waals surface area contributed by atoms with Crippen molar-refractivity contribution in [1.82, 2.24) is 0 Å². The van der Waals surface area contributed by atoms with Gasteiger partial charge in [0.15, 0.2) is 0 Å². The fraction of sp³-hybridized carbons (Fsp3) is 1.00. The van der Waals surface area contributed by atoms with E-state index in [0.29, 0.717) is 0 Å². The molecule has 50 valence electrons. The second kappa shape index (κ2) is 3.21. The third-order valence-electron chi connectivity index (χ3n) is 0.258. The zero-order valence-electron chi connectivity index (χ0n) is 4.47. The molecule has 6 heteroatoms. The van der Waals surface area contributed by atoms with E-state index in [0.717, 1.165) is 0 Å². The van der Waals surface area contributed by atoms with E-state index in [1.807, 2.05) is 0 Å². The van der Waals surface area contributed by atoms with Crippen LogP contribution in [0.1, 0.15) is 0 Å². The molecule has 8 heavy (non-hydrogen) atoms. The highest BCUT2D eigenvalue weighted by Crippen LogP contribution is 2.48. The first-order valence-electron chi connectivity index (χ1n) is 1.70. The van der Waals surface area contributed by atoms with Gasteiger partial charge in [0, 0.05) is 22.2 Å². The summed E-state index contributed by atoms with van der Waals surface area (Å²) in [6.45, 7) is -1.39. The number of rotatable bonds is 1. The average molecular weight is 194 g/mol. The van der Waals surface area contributed by atoms with Crippen LogP contribution in [0.5, 0.6) is 0 Å².